The molecule has 2 N–H and O–H groups in total. The average molecular weight is 365 g/mol. The summed E-state index contributed by atoms with van der Waals surface area (Å²) in [6, 6.07) is 12.5. The molecule has 0 saturated heterocycles. The molecule has 0 aliphatic carbocycles. The van der Waals surface area contributed by atoms with Gasteiger partial charge in [0.25, 0.3) is 5.56 Å². The molecule has 0 radical (unpaired) electrons. The Balaban J connectivity index is 1.69. The van der Waals surface area contributed by atoms with Crippen molar-refractivity contribution in [2.75, 3.05) is 14.2 Å². The molecule has 0 atom stereocenters. The maximum Gasteiger partial charge on any atom is 0.272 e. The Labute approximate surface area is 155 Å². The molecule has 1 aromatic heterocycles. The van der Waals surface area contributed by atoms with Crippen molar-refractivity contribution in [2.45, 2.75) is 6.54 Å². The Bertz CT molecular complexity index is 1060. The van der Waals surface area contributed by atoms with Gasteiger partial charge in [0.2, 0.25) is 5.91 Å². The van der Waals surface area contributed by atoms with E-state index < -0.39 is 0 Å². The van der Waals surface area contributed by atoms with Gasteiger partial charge in [0.1, 0.15) is 0 Å². The van der Waals surface area contributed by atoms with Crippen molar-refractivity contribution in [2.24, 2.45) is 0 Å². The van der Waals surface area contributed by atoms with E-state index in [1.165, 1.54) is 6.08 Å². The van der Waals surface area contributed by atoms with Crippen molar-refractivity contribution < 1.29 is 14.3 Å². The molecule has 0 bridgehead atoms. The van der Waals surface area contributed by atoms with Gasteiger partial charge in [-0.3, -0.25) is 9.59 Å². The highest BCUT2D eigenvalue weighted by Crippen LogP contribution is 2.27. The van der Waals surface area contributed by atoms with Gasteiger partial charge in [-0.15, -0.1) is 0 Å². The summed E-state index contributed by atoms with van der Waals surface area (Å²) in [7, 11) is 3.12. The summed E-state index contributed by atoms with van der Waals surface area (Å²) in [5, 5.41) is 10.5. The number of nitrogens with one attached hydrogen (secondary N) is 2. The number of amides is 1. The molecular formula is C20H19N3O4. The van der Waals surface area contributed by atoms with E-state index in [1.807, 2.05) is 12.1 Å². The molecule has 0 unspecified atom stereocenters. The summed E-state index contributed by atoms with van der Waals surface area (Å²) in [6.07, 6.45) is 3.10. The normalized spacial score (nSPS) is 10.9. The zero-order valence-corrected chi connectivity index (χ0v) is 15.0. The smallest absolute Gasteiger partial charge is 0.272 e. The fraction of sp³-hybridized carbons (Fsp3) is 0.150. The van der Waals surface area contributed by atoms with Gasteiger partial charge in [0, 0.05) is 11.5 Å². The molecule has 0 spiro atoms. The number of nitrogens with zero attached hydrogens (tertiary/aromatic N) is 1. The molecule has 2 aromatic carbocycles. The molecule has 27 heavy (non-hydrogen) atoms. The third-order valence-electron chi connectivity index (χ3n) is 4.04. The summed E-state index contributed by atoms with van der Waals surface area (Å²) in [6.45, 7) is 0.201. The molecule has 0 aliphatic heterocycles. The van der Waals surface area contributed by atoms with Gasteiger partial charge in [-0.05, 0) is 29.8 Å². The minimum atomic E-state index is -0.276. The van der Waals surface area contributed by atoms with Crippen molar-refractivity contribution in [1.82, 2.24) is 15.5 Å². The second-order valence-corrected chi connectivity index (χ2v) is 5.71. The lowest BCUT2D eigenvalue weighted by atomic mass is 10.1. The van der Waals surface area contributed by atoms with Crippen LogP contribution >= 0.6 is 0 Å². The van der Waals surface area contributed by atoms with Gasteiger partial charge in [0.15, 0.2) is 11.5 Å². The lowest BCUT2D eigenvalue weighted by molar-refractivity contribution is -0.116. The van der Waals surface area contributed by atoms with Crippen LogP contribution in [0.25, 0.3) is 16.8 Å². The number of carbonyl (C=O) groups is 1. The first-order chi connectivity index (χ1) is 13.1. The maximum atomic E-state index is 12.1. The minimum absolute atomic E-state index is 0.201. The van der Waals surface area contributed by atoms with Gasteiger partial charge in [-0.1, -0.05) is 24.3 Å². The zero-order valence-electron chi connectivity index (χ0n) is 15.0. The summed E-state index contributed by atoms with van der Waals surface area (Å²) in [5.74, 6) is 0.931. The summed E-state index contributed by atoms with van der Waals surface area (Å²) >= 11 is 0. The Morgan fingerprint density at radius 1 is 1.11 bits per heavy atom. The van der Waals surface area contributed by atoms with Gasteiger partial charge in [-0.25, -0.2) is 5.10 Å². The van der Waals surface area contributed by atoms with Crippen LogP contribution in [0.1, 0.15) is 11.3 Å². The third kappa shape index (κ3) is 4.14. The Kier molecular flexibility index (Phi) is 5.51. The van der Waals surface area contributed by atoms with Crippen LogP contribution in [0.4, 0.5) is 0 Å². The highest BCUT2D eigenvalue weighted by Gasteiger charge is 2.07. The predicted octanol–water partition coefficient (Wildman–Crippen LogP) is 2.27. The predicted molar refractivity (Wildman–Crippen MR) is 103 cm³/mol. The fourth-order valence-corrected chi connectivity index (χ4v) is 2.66. The largest absolute Gasteiger partial charge is 0.493 e. The highest BCUT2D eigenvalue weighted by atomic mass is 16.5. The van der Waals surface area contributed by atoms with Gasteiger partial charge < -0.3 is 14.8 Å². The summed E-state index contributed by atoms with van der Waals surface area (Å²) < 4.78 is 10.4. The lowest BCUT2D eigenvalue weighted by Crippen LogP contribution is -2.22. The molecule has 0 saturated carbocycles. The molecule has 138 valence electrons. The van der Waals surface area contributed by atoms with Crippen LogP contribution < -0.4 is 20.3 Å². The van der Waals surface area contributed by atoms with E-state index in [9.17, 15) is 9.59 Å². The second-order valence-electron chi connectivity index (χ2n) is 5.71. The SMILES string of the molecule is COc1ccc(C=CC(=O)NCc2n[nH]c(=O)c3ccccc23)cc1OC. The number of H-pyrrole nitrogens is 1. The molecular weight excluding hydrogens is 346 g/mol. The number of aromatic nitrogens is 2. The quantitative estimate of drug-likeness (QED) is 0.654. The molecule has 7 nitrogen and oxygen atoms in total. The van der Waals surface area contributed by atoms with E-state index in [0.29, 0.717) is 28.0 Å². The molecule has 1 heterocycles. The standard InChI is InChI=1S/C20H19N3O4/c1-26-17-9-7-13(11-18(17)27-2)8-10-19(24)21-12-16-14-5-3-4-6-15(14)20(25)23-22-16/h3-11H,12H2,1-2H3,(H,21,24)(H,23,25). The number of benzene rings is 2. The van der Waals surface area contributed by atoms with Crippen LogP contribution in [0.15, 0.2) is 53.3 Å². The molecule has 3 rings (SSSR count). The van der Waals surface area contributed by atoms with Crippen LogP contribution in [0.2, 0.25) is 0 Å². The first-order valence-electron chi connectivity index (χ1n) is 8.26. The average Bonchev–Trinajstić information content (AvgIpc) is 2.71. The maximum absolute atomic E-state index is 12.1. The molecule has 7 heteroatoms. The lowest BCUT2D eigenvalue weighted by Gasteiger charge is -2.07. The number of hydrogen-bond acceptors (Lipinski definition) is 5. The van der Waals surface area contributed by atoms with E-state index in [0.717, 1.165) is 5.56 Å². The highest BCUT2D eigenvalue weighted by molar-refractivity contribution is 5.92. The van der Waals surface area contributed by atoms with E-state index in [4.69, 9.17) is 9.47 Å². The number of hydrogen-bond donors (Lipinski definition) is 2. The Morgan fingerprint density at radius 3 is 2.59 bits per heavy atom. The first kappa shape index (κ1) is 18.2. The van der Waals surface area contributed by atoms with E-state index in [1.54, 1.807) is 50.6 Å². The number of fused-ring (bicyclic) bond motifs is 1. The fourth-order valence-electron chi connectivity index (χ4n) is 2.66. The molecule has 1 amide bonds. The summed E-state index contributed by atoms with van der Waals surface area (Å²) in [5.41, 5.74) is 1.14. The van der Waals surface area contributed by atoms with Crippen LogP contribution in [0.5, 0.6) is 11.5 Å². The van der Waals surface area contributed by atoms with Crippen molar-refractivity contribution in [1.29, 1.82) is 0 Å². The third-order valence-corrected chi connectivity index (χ3v) is 4.04. The van der Waals surface area contributed by atoms with E-state index in [2.05, 4.69) is 15.5 Å². The Hall–Kier alpha value is -3.61. The van der Waals surface area contributed by atoms with Gasteiger partial charge in [-0.2, -0.15) is 5.10 Å². The van der Waals surface area contributed by atoms with Gasteiger partial charge >= 0.3 is 0 Å². The first-order valence-corrected chi connectivity index (χ1v) is 8.26. The van der Waals surface area contributed by atoms with Crippen LogP contribution in [0, 0.1) is 0 Å². The molecule has 3 aromatic rings. The van der Waals surface area contributed by atoms with Crippen molar-refractivity contribution in [3.8, 4) is 11.5 Å². The van der Waals surface area contributed by atoms with Crippen LogP contribution in [-0.4, -0.2) is 30.3 Å². The molecule has 0 aliphatic rings. The second kappa shape index (κ2) is 8.18. The number of aromatic amines is 1. The number of rotatable bonds is 6. The summed E-state index contributed by atoms with van der Waals surface area (Å²) in [4.78, 5) is 23.9. The van der Waals surface area contributed by atoms with Crippen LogP contribution in [0.3, 0.4) is 0 Å². The van der Waals surface area contributed by atoms with Gasteiger partial charge in [0.05, 0.1) is 31.8 Å². The molecule has 0 fully saturated rings. The van der Waals surface area contributed by atoms with Crippen molar-refractivity contribution >= 4 is 22.8 Å². The van der Waals surface area contributed by atoms with E-state index >= 15 is 0 Å². The van der Waals surface area contributed by atoms with Crippen molar-refractivity contribution in [3.63, 3.8) is 0 Å². The number of carbonyl (C=O) groups excluding carboxylic acids is 1. The monoisotopic (exact) mass is 365 g/mol. The van der Waals surface area contributed by atoms with Crippen molar-refractivity contribution in [3.05, 3.63) is 70.2 Å². The topological polar surface area (TPSA) is 93.3 Å². The number of methoxy groups -OCH3 is 2. The minimum Gasteiger partial charge on any atom is -0.493 e. The number of ether oxygens (including phenoxy) is 2. The Morgan fingerprint density at radius 2 is 1.85 bits per heavy atom. The zero-order chi connectivity index (χ0) is 19.2. The van der Waals surface area contributed by atoms with E-state index in [-0.39, 0.29) is 18.0 Å². The van der Waals surface area contributed by atoms with Crippen LogP contribution in [-0.2, 0) is 11.3 Å².